The molecule has 4 heterocycles. The Bertz CT molecular complexity index is 6280. The molecule has 0 aliphatic carbocycles. The average molecular weight is 1420 g/mol. The highest BCUT2D eigenvalue weighted by Crippen LogP contribution is 2.66. The van der Waals surface area contributed by atoms with Crippen LogP contribution in [0.15, 0.2) is 422 Å². The Morgan fingerprint density at radius 3 is 1.18 bits per heavy atom. The van der Waals surface area contributed by atoms with Crippen molar-refractivity contribution in [3.8, 4) is 78.3 Å². The van der Waals surface area contributed by atoms with E-state index < -0.39 is 0 Å². The van der Waals surface area contributed by atoms with E-state index in [1.165, 1.54) is 37.6 Å². The van der Waals surface area contributed by atoms with Crippen molar-refractivity contribution in [2.75, 3.05) is 19.6 Å². The van der Waals surface area contributed by atoms with E-state index in [0.717, 1.165) is 152 Å². The Morgan fingerprint density at radius 2 is 0.645 bits per heavy atom. The number of nitrogens with zero attached hydrogens (tertiary/aromatic N) is 4. The minimum Gasteiger partial charge on any atom is -0.457 e. The maximum absolute atomic E-state index is 7.59. The standard InChI is InChI=1S/C104H70N4OS/c1-8-29-69(30-9-1)73-53-57-80(58-54-73)105(82-45-26-41-77(61-82)71-33-12-3-13-34-71)84-63-94-102-97(65-84)109-96-52-25-23-48-89(96)101(102)90-67-91-98(68-93(90)108(94)104-86(75-37-16-5-17-38-75)49-28-50-87(104)76-39-18-6-19-40-76)110-99-66-85(64-95-103(99)100(91)88-47-22-24-51-92(88)107(95)79-43-20-7-21-44-79)106(81-59-55-74(56-60-81)70-31-10-2-11-32-70)83-46-27-42-78(62-83)72-35-14-4-15-36-72/h1-68,100-101H. The summed E-state index contributed by atoms with van der Waals surface area (Å²) in [6, 6.07) is 152. The van der Waals surface area contributed by atoms with E-state index in [-0.39, 0.29) is 11.8 Å². The predicted octanol–water partition coefficient (Wildman–Crippen LogP) is 29.1. The van der Waals surface area contributed by atoms with Gasteiger partial charge in [-0.2, -0.15) is 0 Å². The molecule has 0 radical (unpaired) electrons. The van der Waals surface area contributed by atoms with Crippen molar-refractivity contribution in [2.24, 2.45) is 0 Å². The molecule has 0 saturated carbocycles. The maximum Gasteiger partial charge on any atom is 0.135 e. The lowest BCUT2D eigenvalue weighted by Gasteiger charge is -2.45. The molecule has 6 heteroatoms. The van der Waals surface area contributed by atoms with Gasteiger partial charge in [0.15, 0.2) is 0 Å². The number of hydrogen-bond acceptors (Lipinski definition) is 6. The van der Waals surface area contributed by atoms with Crippen LogP contribution in [-0.2, 0) is 0 Å². The topological polar surface area (TPSA) is 22.2 Å². The second-order valence-corrected chi connectivity index (χ2v) is 29.7. The van der Waals surface area contributed by atoms with Gasteiger partial charge in [-0.1, -0.05) is 321 Å². The molecule has 0 spiro atoms. The highest BCUT2D eigenvalue weighted by Gasteiger charge is 2.45. The molecule has 0 saturated heterocycles. The van der Waals surface area contributed by atoms with Gasteiger partial charge in [-0.25, -0.2) is 0 Å². The second-order valence-electron chi connectivity index (χ2n) is 28.6. The summed E-state index contributed by atoms with van der Waals surface area (Å²) < 4.78 is 7.59. The predicted molar refractivity (Wildman–Crippen MR) is 457 cm³/mol. The molecule has 0 fully saturated rings. The highest BCUT2D eigenvalue weighted by atomic mass is 32.2. The van der Waals surface area contributed by atoms with Crippen LogP contribution in [0.4, 0.5) is 68.2 Å². The number of hydrogen-bond donors (Lipinski definition) is 0. The van der Waals surface area contributed by atoms with Gasteiger partial charge in [-0.3, -0.25) is 0 Å². The van der Waals surface area contributed by atoms with E-state index in [9.17, 15) is 0 Å². The number of para-hydroxylation sites is 4. The number of anilines is 12. The molecule has 0 bridgehead atoms. The maximum atomic E-state index is 7.59. The van der Waals surface area contributed by atoms with Crippen molar-refractivity contribution in [2.45, 2.75) is 21.6 Å². The molecular weight excluding hydrogens is 1350 g/mol. The zero-order chi connectivity index (χ0) is 72.6. The minimum atomic E-state index is -0.249. The molecule has 17 aromatic rings. The summed E-state index contributed by atoms with van der Waals surface area (Å²) in [6.45, 7) is 0. The van der Waals surface area contributed by atoms with Crippen LogP contribution in [0.5, 0.6) is 11.5 Å². The quantitative estimate of drug-likeness (QED) is 0.107. The molecule has 4 aliphatic rings. The Morgan fingerprint density at radius 1 is 0.227 bits per heavy atom. The normalized spacial score (nSPS) is 13.8. The van der Waals surface area contributed by atoms with Crippen LogP contribution in [0.3, 0.4) is 0 Å². The van der Waals surface area contributed by atoms with Crippen LogP contribution in [0.25, 0.3) is 66.8 Å². The zero-order valence-electron chi connectivity index (χ0n) is 60.0. The van der Waals surface area contributed by atoms with Crippen molar-refractivity contribution >= 4 is 80.0 Å². The minimum absolute atomic E-state index is 0.163. The number of rotatable bonds is 14. The van der Waals surface area contributed by atoms with Gasteiger partial charge >= 0.3 is 0 Å². The van der Waals surface area contributed by atoms with Crippen LogP contribution in [0, 0.1) is 0 Å². The molecule has 2 atom stereocenters. The van der Waals surface area contributed by atoms with E-state index >= 15 is 0 Å². The molecule has 518 valence electrons. The number of fused-ring (bicyclic) bond motifs is 8. The van der Waals surface area contributed by atoms with Crippen molar-refractivity contribution < 1.29 is 4.74 Å². The van der Waals surface area contributed by atoms with E-state index in [0.29, 0.717) is 0 Å². The third kappa shape index (κ3) is 11.2. The van der Waals surface area contributed by atoms with Gasteiger partial charge in [-0.15, -0.1) is 0 Å². The van der Waals surface area contributed by atoms with Crippen molar-refractivity contribution in [3.05, 3.63) is 446 Å². The van der Waals surface area contributed by atoms with Crippen molar-refractivity contribution in [3.63, 3.8) is 0 Å². The van der Waals surface area contributed by atoms with Crippen LogP contribution < -0.4 is 24.3 Å². The Hall–Kier alpha value is -13.9. The average Bonchev–Trinajstić information content (AvgIpc) is 0.692. The van der Waals surface area contributed by atoms with E-state index in [1.54, 1.807) is 0 Å². The van der Waals surface area contributed by atoms with E-state index in [1.807, 2.05) is 11.8 Å². The van der Waals surface area contributed by atoms with Gasteiger partial charge in [0.2, 0.25) is 0 Å². The first kappa shape index (κ1) is 64.5. The summed E-state index contributed by atoms with van der Waals surface area (Å²) in [7, 11) is 0. The molecule has 17 aromatic carbocycles. The summed E-state index contributed by atoms with van der Waals surface area (Å²) in [5, 5.41) is 0. The van der Waals surface area contributed by atoms with Crippen LogP contribution in [-0.4, -0.2) is 0 Å². The lowest BCUT2D eigenvalue weighted by Crippen LogP contribution is -2.28. The summed E-state index contributed by atoms with van der Waals surface area (Å²) in [4.78, 5) is 12.5. The fraction of sp³-hybridized carbons (Fsp3) is 0.0192. The van der Waals surface area contributed by atoms with Crippen molar-refractivity contribution in [1.29, 1.82) is 0 Å². The molecule has 4 aliphatic heterocycles. The Balaban J connectivity index is 0.833. The lowest BCUT2D eigenvalue weighted by atomic mass is 9.74. The Kier molecular flexibility index (Phi) is 15.9. The monoisotopic (exact) mass is 1420 g/mol. The van der Waals surface area contributed by atoms with Gasteiger partial charge in [0, 0.05) is 89.6 Å². The number of ether oxygens (including phenoxy) is 1. The molecule has 5 nitrogen and oxygen atoms in total. The lowest BCUT2D eigenvalue weighted by molar-refractivity contribution is 0.452. The molecule has 0 amide bonds. The summed E-state index contributed by atoms with van der Waals surface area (Å²) in [6.07, 6.45) is 0. The summed E-state index contributed by atoms with van der Waals surface area (Å²) in [5.74, 6) is 1.24. The molecule has 21 rings (SSSR count). The van der Waals surface area contributed by atoms with Crippen LogP contribution >= 0.6 is 11.8 Å². The molecule has 2 unspecified atom stereocenters. The van der Waals surface area contributed by atoms with Crippen LogP contribution in [0.2, 0.25) is 0 Å². The van der Waals surface area contributed by atoms with Gasteiger partial charge in [0.05, 0.1) is 34.1 Å². The van der Waals surface area contributed by atoms with Gasteiger partial charge in [0.1, 0.15) is 11.5 Å². The first-order chi connectivity index (χ1) is 54.6. The van der Waals surface area contributed by atoms with Crippen LogP contribution in [0.1, 0.15) is 45.2 Å². The van der Waals surface area contributed by atoms with Gasteiger partial charge in [0.25, 0.3) is 0 Å². The van der Waals surface area contributed by atoms with Crippen molar-refractivity contribution in [1.82, 2.24) is 0 Å². The SMILES string of the molecule is c1ccc(-c2ccc(N(c3cccc(-c4ccccc4)c3)c3cc4c5c(c3)N(c3c(-c6ccccc6)cccc3-c3ccccc3)c3cc6c(cc3C5c3ccccc3O4)C3c4ccccc4N(c4ccccc4)c4cc(N(c5ccc(-c7ccccc7)cc5)c5cccc(-c7ccccc7)c5)cc(c43)S6)cc2)cc1. The first-order valence-electron chi connectivity index (χ1n) is 37.8. The number of benzene rings is 17. The third-order valence-corrected chi connectivity index (χ3v) is 23.4. The van der Waals surface area contributed by atoms with E-state index in [4.69, 9.17) is 4.74 Å². The zero-order valence-corrected chi connectivity index (χ0v) is 60.8. The fourth-order valence-electron chi connectivity index (χ4n) is 17.4. The molecule has 0 aromatic heterocycles. The summed E-state index contributed by atoms with van der Waals surface area (Å²) >= 11 is 1.90. The molecular formula is C104H70N4OS. The largest absolute Gasteiger partial charge is 0.457 e. The fourth-order valence-corrected chi connectivity index (χ4v) is 18.6. The smallest absolute Gasteiger partial charge is 0.135 e. The molecule has 0 N–H and O–H groups in total. The van der Waals surface area contributed by atoms with Gasteiger partial charge in [-0.05, 0) is 169 Å². The third-order valence-electron chi connectivity index (χ3n) is 22.3. The summed E-state index contributed by atoms with van der Waals surface area (Å²) in [5.41, 5.74) is 33.7. The van der Waals surface area contributed by atoms with E-state index in [2.05, 4.69) is 432 Å². The first-order valence-corrected chi connectivity index (χ1v) is 38.6. The highest BCUT2D eigenvalue weighted by molar-refractivity contribution is 7.99. The molecule has 110 heavy (non-hydrogen) atoms. The Labute approximate surface area is 645 Å². The van der Waals surface area contributed by atoms with Gasteiger partial charge < -0.3 is 24.3 Å². The second kappa shape index (κ2) is 27.1.